The van der Waals surface area contributed by atoms with Crippen LogP contribution in [-0.4, -0.2) is 17.9 Å². The molecule has 3 N–H and O–H groups in total. The maximum Gasteiger partial charge on any atom is 0.240 e. The summed E-state index contributed by atoms with van der Waals surface area (Å²) in [6, 6.07) is 4.21. The van der Waals surface area contributed by atoms with Crippen LogP contribution in [0.2, 0.25) is 10.0 Å². The summed E-state index contributed by atoms with van der Waals surface area (Å²) in [5.41, 5.74) is 6.03. The van der Waals surface area contributed by atoms with E-state index < -0.39 is 11.9 Å². The van der Waals surface area contributed by atoms with Crippen molar-refractivity contribution in [2.75, 3.05) is 0 Å². The van der Waals surface area contributed by atoms with Crippen LogP contribution >= 0.6 is 23.2 Å². The minimum absolute atomic E-state index is 0.200. The number of halogens is 2. The molecular formula is C14H18Cl2N2O2. The van der Waals surface area contributed by atoms with Gasteiger partial charge in [0.25, 0.3) is 0 Å². The Morgan fingerprint density at radius 3 is 2.45 bits per heavy atom. The predicted molar refractivity (Wildman–Crippen MR) is 80.7 cm³/mol. The van der Waals surface area contributed by atoms with Crippen molar-refractivity contribution in [2.45, 2.75) is 32.7 Å². The molecule has 20 heavy (non-hydrogen) atoms. The van der Waals surface area contributed by atoms with Gasteiger partial charge in [-0.25, -0.2) is 0 Å². The molecule has 0 aliphatic rings. The van der Waals surface area contributed by atoms with Gasteiger partial charge in [0.2, 0.25) is 11.8 Å². The second-order valence-corrected chi connectivity index (χ2v) is 5.90. The fourth-order valence-corrected chi connectivity index (χ4v) is 2.24. The molecule has 0 saturated heterocycles. The summed E-state index contributed by atoms with van der Waals surface area (Å²) in [5.74, 6) is -0.579. The molecule has 0 aromatic heterocycles. The van der Waals surface area contributed by atoms with Crippen molar-refractivity contribution in [1.82, 2.24) is 5.32 Å². The standard InChI is InChI=1S/C14H18Cl2N2O2/c1-8(2)5-13(19)18-12(14(17)20)6-9-3-4-10(15)7-11(9)16/h3-4,7-8,12H,5-6H2,1-2H3,(H2,17,20)(H,18,19)/t12-/m1/s1. The zero-order chi connectivity index (χ0) is 15.3. The third-order valence-electron chi connectivity index (χ3n) is 2.71. The Balaban J connectivity index is 2.77. The number of hydrogen-bond donors (Lipinski definition) is 2. The van der Waals surface area contributed by atoms with Crippen LogP contribution in [-0.2, 0) is 16.0 Å². The number of carbonyl (C=O) groups is 2. The first kappa shape index (κ1) is 16.8. The lowest BCUT2D eigenvalue weighted by atomic mass is 10.0. The van der Waals surface area contributed by atoms with Crippen molar-refractivity contribution in [3.8, 4) is 0 Å². The lowest BCUT2D eigenvalue weighted by molar-refractivity contribution is -0.127. The molecule has 110 valence electrons. The highest BCUT2D eigenvalue weighted by Gasteiger charge is 2.20. The predicted octanol–water partition coefficient (Wildman–Crippen LogP) is 2.55. The van der Waals surface area contributed by atoms with Gasteiger partial charge in [-0.05, 0) is 23.6 Å². The first-order valence-electron chi connectivity index (χ1n) is 6.32. The van der Waals surface area contributed by atoms with E-state index in [1.54, 1.807) is 18.2 Å². The van der Waals surface area contributed by atoms with E-state index >= 15 is 0 Å². The van der Waals surface area contributed by atoms with E-state index in [0.29, 0.717) is 22.0 Å². The third kappa shape index (κ3) is 5.39. The van der Waals surface area contributed by atoms with Crippen LogP contribution in [0.3, 0.4) is 0 Å². The van der Waals surface area contributed by atoms with Gasteiger partial charge in [0.1, 0.15) is 6.04 Å². The normalized spacial score (nSPS) is 12.2. The monoisotopic (exact) mass is 316 g/mol. The van der Waals surface area contributed by atoms with E-state index in [1.165, 1.54) is 0 Å². The molecule has 1 aromatic carbocycles. The van der Waals surface area contributed by atoms with E-state index in [4.69, 9.17) is 28.9 Å². The quantitative estimate of drug-likeness (QED) is 0.846. The van der Waals surface area contributed by atoms with Crippen molar-refractivity contribution in [3.05, 3.63) is 33.8 Å². The summed E-state index contributed by atoms with van der Waals surface area (Å²) in [6.07, 6.45) is 0.591. The largest absolute Gasteiger partial charge is 0.368 e. The minimum Gasteiger partial charge on any atom is -0.368 e. The van der Waals surface area contributed by atoms with Crippen LogP contribution in [0, 0.1) is 5.92 Å². The number of nitrogens with two attached hydrogens (primary N) is 1. The van der Waals surface area contributed by atoms with Crippen molar-refractivity contribution in [3.63, 3.8) is 0 Å². The fraction of sp³-hybridized carbons (Fsp3) is 0.429. The topological polar surface area (TPSA) is 72.2 Å². The molecule has 6 heteroatoms. The molecule has 0 heterocycles. The van der Waals surface area contributed by atoms with E-state index in [1.807, 2.05) is 13.8 Å². The Labute approximate surface area is 128 Å². The molecule has 2 amide bonds. The summed E-state index contributed by atoms with van der Waals surface area (Å²) in [4.78, 5) is 23.2. The van der Waals surface area contributed by atoms with Gasteiger partial charge in [-0.3, -0.25) is 9.59 Å². The smallest absolute Gasteiger partial charge is 0.240 e. The number of primary amides is 1. The molecule has 1 atom stereocenters. The molecule has 0 bridgehead atoms. The fourth-order valence-electron chi connectivity index (χ4n) is 1.75. The van der Waals surface area contributed by atoms with Crippen LogP contribution in [0.25, 0.3) is 0 Å². The Bertz CT molecular complexity index is 504. The second kappa shape index (κ2) is 7.50. The Morgan fingerprint density at radius 1 is 1.30 bits per heavy atom. The van der Waals surface area contributed by atoms with Gasteiger partial charge in [-0.15, -0.1) is 0 Å². The minimum atomic E-state index is -0.778. The van der Waals surface area contributed by atoms with Crippen LogP contribution in [0.15, 0.2) is 18.2 Å². The van der Waals surface area contributed by atoms with Gasteiger partial charge in [-0.2, -0.15) is 0 Å². The van der Waals surface area contributed by atoms with Gasteiger partial charge < -0.3 is 11.1 Å². The number of hydrogen-bond acceptors (Lipinski definition) is 2. The van der Waals surface area contributed by atoms with Gasteiger partial charge in [0.05, 0.1) is 0 Å². The zero-order valence-electron chi connectivity index (χ0n) is 11.5. The lowest BCUT2D eigenvalue weighted by Gasteiger charge is -2.17. The summed E-state index contributed by atoms with van der Waals surface area (Å²) >= 11 is 11.9. The first-order valence-corrected chi connectivity index (χ1v) is 7.07. The highest BCUT2D eigenvalue weighted by molar-refractivity contribution is 6.35. The lowest BCUT2D eigenvalue weighted by Crippen LogP contribution is -2.46. The van der Waals surface area contributed by atoms with Crippen LogP contribution in [0.4, 0.5) is 0 Å². The van der Waals surface area contributed by atoms with Crippen molar-refractivity contribution in [2.24, 2.45) is 11.7 Å². The molecule has 0 fully saturated rings. The molecule has 0 saturated carbocycles. The van der Waals surface area contributed by atoms with Crippen molar-refractivity contribution in [1.29, 1.82) is 0 Å². The van der Waals surface area contributed by atoms with Gasteiger partial charge >= 0.3 is 0 Å². The maximum atomic E-state index is 11.7. The maximum absolute atomic E-state index is 11.7. The highest BCUT2D eigenvalue weighted by atomic mass is 35.5. The zero-order valence-corrected chi connectivity index (χ0v) is 13.0. The molecule has 4 nitrogen and oxygen atoms in total. The average molecular weight is 317 g/mol. The Kier molecular flexibility index (Phi) is 6.30. The average Bonchev–Trinajstić information content (AvgIpc) is 2.30. The third-order valence-corrected chi connectivity index (χ3v) is 3.30. The highest BCUT2D eigenvalue weighted by Crippen LogP contribution is 2.22. The number of carbonyl (C=O) groups excluding carboxylic acids is 2. The molecule has 1 rings (SSSR count). The van der Waals surface area contributed by atoms with Crippen LogP contribution < -0.4 is 11.1 Å². The van der Waals surface area contributed by atoms with E-state index in [-0.39, 0.29) is 18.2 Å². The van der Waals surface area contributed by atoms with E-state index in [2.05, 4.69) is 5.32 Å². The van der Waals surface area contributed by atoms with Crippen molar-refractivity contribution >= 4 is 35.0 Å². The summed E-state index contributed by atoms with van der Waals surface area (Å²) in [7, 11) is 0. The van der Waals surface area contributed by atoms with E-state index in [9.17, 15) is 9.59 Å². The number of amides is 2. The SMILES string of the molecule is CC(C)CC(=O)N[C@H](Cc1ccc(Cl)cc1Cl)C(N)=O. The molecule has 0 aliphatic heterocycles. The summed E-state index contributed by atoms with van der Waals surface area (Å²) < 4.78 is 0. The van der Waals surface area contributed by atoms with Gasteiger partial charge in [0.15, 0.2) is 0 Å². The molecule has 0 unspecified atom stereocenters. The number of nitrogens with one attached hydrogen (secondary N) is 1. The molecular weight excluding hydrogens is 299 g/mol. The van der Waals surface area contributed by atoms with Crippen molar-refractivity contribution < 1.29 is 9.59 Å². The van der Waals surface area contributed by atoms with Crippen LogP contribution in [0.5, 0.6) is 0 Å². The van der Waals surface area contributed by atoms with Crippen LogP contribution in [0.1, 0.15) is 25.8 Å². The molecule has 0 aliphatic carbocycles. The first-order chi connectivity index (χ1) is 9.29. The summed E-state index contributed by atoms with van der Waals surface area (Å²) in [5, 5.41) is 3.59. The summed E-state index contributed by atoms with van der Waals surface area (Å²) in [6.45, 7) is 3.85. The van der Waals surface area contributed by atoms with E-state index in [0.717, 1.165) is 0 Å². The molecule has 0 spiro atoms. The number of benzene rings is 1. The van der Waals surface area contributed by atoms with Gasteiger partial charge in [0, 0.05) is 22.9 Å². The molecule has 0 radical (unpaired) electrons. The van der Waals surface area contributed by atoms with Gasteiger partial charge in [-0.1, -0.05) is 43.1 Å². The Morgan fingerprint density at radius 2 is 1.95 bits per heavy atom. The molecule has 1 aromatic rings. The Hall–Kier alpha value is -1.26. The second-order valence-electron chi connectivity index (χ2n) is 5.06. The number of rotatable bonds is 6.